The summed E-state index contributed by atoms with van der Waals surface area (Å²) in [6, 6.07) is 12.6. The average molecular weight is 414 g/mol. The SMILES string of the molecule is CC(C)(C)OC(=O)N1[C@@H](c2ccc(OCc3ccccc3F)cc2)CC[C@H]1C(N)=O. The van der Waals surface area contributed by atoms with Crippen molar-refractivity contribution in [3.8, 4) is 5.75 Å². The predicted octanol–water partition coefficient (Wildman–Crippen LogP) is 4.33. The van der Waals surface area contributed by atoms with Crippen LogP contribution in [0.2, 0.25) is 0 Å². The van der Waals surface area contributed by atoms with Gasteiger partial charge in [0.15, 0.2) is 0 Å². The molecule has 0 bridgehead atoms. The number of nitrogens with two attached hydrogens (primary N) is 1. The lowest BCUT2D eigenvalue weighted by Crippen LogP contribution is -2.46. The number of likely N-dealkylation sites (tertiary alicyclic amines) is 1. The highest BCUT2D eigenvalue weighted by molar-refractivity contribution is 5.85. The van der Waals surface area contributed by atoms with Crippen molar-refractivity contribution < 1.29 is 23.5 Å². The van der Waals surface area contributed by atoms with Crippen LogP contribution >= 0.6 is 0 Å². The maximum absolute atomic E-state index is 13.7. The lowest BCUT2D eigenvalue weighted by molar-refractivity contribution is -0.122. The number of hydrogen-bond donors (Lipinski definition) is 1. The molecule has 2 N–H and O–H groups in total. The van der Waals surface area contributed by atoms with Crippen molar-refractivity contribution in [1.29, 1.82) is 0 Å². The Labute approximate surface area is 175 Å². The van der Waals surface area contributed by atoms with E-state index in [1.54, 1.807) is 51.1 Å². The molecule has 7 heteroatoms. The molecule has 0 aromatic heterocycles. The molecule has 0 radical (unpaired) electrons. The van der Waals surface area contributed by atoms with E-state index in [-0.39, 0.29) is 18.5 Å². The number of rotatable bonds is 5. The average Bonchev–Trinajstić information content (AvgIpc) is 3.12. The van der Waals surface area contributed by atoms with Gasteiger partial charge in [-0.1, -0.05) is 30.3 Å². The predicted molar refractivity (Wildman–Crippen MR) is 110 cm³/mol. The molecule has 1 fully saturated rings. The summed E-state index contributed by atoms with van der Waals surface area (Å²) in [5.74, 6) is -0.283. The van der Waals surface area contributed by atoms with Gasteiger partial charge in [-0.3, -0.25) is 9.69 Å². The molecule has 2 aromatic carbocycles. The Morgan fingerprint density at radius 2 is 1.77 bits per heavy atom. The summed E-state index contributed by atoms with van der Waals surface area (Å²) in [6.45, 7) is 5.44. The summed E-state index contributed by atoms with van der Waals surface area (Å²) in [5.41, 5.74) is 6.16. The standard InChI is InChI=1S/C23H27FN2O4/c1-23(2,3)30-22(28)26-19(12-13-20(26)21(25)27)15-8-10-17(11-9-15)29-14-16-6-4-5-7-18(16)24/h4-11,19-20H,12-14H2,1-3H3,(H2,25,27)/t19-,20+/m1/s1. The summed E-state index contributed by atoms with van der Waals surface area (Å²) in [5, 5.41) is 0. The lowest BCUT2D eigenvalue weighted by Gasteiger charge is -2.31. The van der Waals surface area contributed by atoms with Crippen molar-refractivity contribution in [3.63, 3.8) is 0 Å². The molecule has 1 heterocycles. The maximum atomic E-state index is 13.7. The van der Waals surface area contributed by atoms with Gasteiger partial charge in [-0.05, 0) is 57.4 Å². The molecule has 1 aliphatic heterocycles. The first-order chi connectivity index (χ1) is 14.2. The van der Waals surface area contributed by atoms with Crippen molar-refractivity contribution in [2.75, 3.05) is 0 Å². The van der Waals surface area contributed by atoms with Crippen LogP contribution in [0.25, 0.3) is 0 Å². The van der Waals surface area contributed by atoms with E-state index in [0.29, 0.717) is 24.2 Å². The van der Waals surface area contributed by atoms with Crippen molar-refractivity contribution in [3.05, 3.63) is 65.5 Å². The monoisotopic (exact) mass is 414 g/mol. The summed E-state index contributed by atoms with van der Waals surface area (Å²) < 4.78 is 24.9. The van der Waals surface area contributed by atoms with E-state index in [1.807, 2.05) is 12.1 Å². The second-order valence-electron chi connectivity index (χ2n) is 8.35. The summed E-state index contributed by atoms with van der Waals surface area (Å²) >= 11 is 0. The normalized spacial score (nSPS) is 18.9. The highest BCUT2D eigenvalue weighted by Crippen LogP contribution is 2.37. The van der Waals surface area contributed by atoms with Crippen LogP contribution in [0.5, 0.6) is 5.75 Å². The van der Waals surface area contributed by atoms with E-state index >= 15 is 0 Å². The van der Waals surface area contributed by atoms with Gasteiger partial charge >= 0.3 is 6.09 Å². The van der Waals surface area contributed by atoms with Crippen molar-refractivity contribution >= 4 is 12.0 Å². The van der Waals surface area contributed by atoms with Crippen LogP contribution in [0.15, 0.2) is 48.5 Å². The number of carbonyl (C=O) groups excluding carboxylic acids is 2. The Balaban J connectivity index is 1.74. The molecule has 3 rings (SSSR count). The Bertz CT molecular complexity index is 908. The van der Waals surface area contributed by atoms with Gasteiger partial charge in [0, 0.05) is 5.56 Å². The fourth-order valence-corrected chi connectivity index (χ4v) is 3.55. The number of primary amides is 1. The van der Waals surface area contributed by atoms with Crippen LogP contribution in [0, 0.1) is 5.82 Å². The van der Waals surface area contributed by atoms with Crippen LogP contribution in [0.3, 0.4) is 0 Å². The quantitative estimate of drug-likeness (QED) is 0.790. The zero-order chi connectivity index (χ0) is 21.9. The van der Waals surface area contributed by atoms with Gasteiger partial charge in [0.1, 0.15) is 29.8 Å². The molecule has 0 saturated carbocycles. The van der Waals surface area contributed by atoms with Crippen molar-refractivity contribution in [2.24, 2.45) is 5.73 Å². The molecule has 0 spiro atoms. The van der Waals surface area contributed by atoms with Crippen molar-refractivity contribution in [2.45, 2.75) is 57.9 Å². The second-order valence-corrected chi connectivity index (χ2v) is 8.35. The fraction of sp³-hybridized carbons (Fsp3) is 0.391. The van der Waals surface area contributed by atoms with Gasteiger partial charge in [0.2, 0.25) is 5.91 Å². The number of nitrogens with zero attached hydrogens (tertiary/aromatic N) is 1. The minimum Gasteiger partial charge on any atom is -0.489 e. The number of amides is 2. The van der Waals surface area contributed by atoms with E-state index in [9.17, 15) is 14.0 Å². The molecule has 160 valence electrons. The first-order valence-electron chi connectivity index (χ1n) is 9.92. The van der Waals surface area contributed by atoms with Crippen LogP contribution in [-0.2, 0) is 16.1 Å². The first kappa shape index (κ1) is 21.6. The van der Waals surface area contributed by atoms with E-state index in [1.165, 1.54) is 11.0 Å². The molecule has 30 heavy (non-hydrogen) atoms. The molecular weight excluding hydrogens is 387 g/mol. The smallest absolute Gasteiger partial charge is 0.411 e. The van der Waals surface area contributed by atoms with Gasteiger partial charge in [-0.25, -0.2) is 9.18 Å². The topological polar surface area (TPSA) is 81.9 Å². The maximum Gasteiger partial charge on any atom is 0.411 e. The second kappa shape index (κ2) is 8.73. The number of ether oxygens (including phenoxy) is 2. The van der Waals surface area contributed by atoms with Crippen LogP contribution in [0.1, 0.15) is 50.8 Å². The largest absolute Gasteiger partial charge is 0.489 e. The molecule has 1 aliphatic rings. The Morgan fingerprint density at radius 3 is 2.37 bits per heavy atom. The molecule has 2 aromatic rings. The van der Waals surface area contributed by atoms with E-state index in [2.05, 4.69) is 0 Å². The summed E-state index contributed by atoms with van der Waals surface area (Å²) in [4.78, 5) is 26.1. The Morgan fingerprint density at radius 1 is 1.10 bits per heavy atom. The summed E-state index contributed by atoms with van der Waals surface area (Å²) in [6.07, 6.45) is 0.515. The van der Waals surface area contributed by atoms with Gasteiger partial charge in [-0.2, -0.15) is 0 Å². The van der Waals surface area contributed by atoms with E-state index in [0.717, 1.165) is 5.56 Å². The first-order valence-corrected chi connectivity index (χ1v) is 9.92. The molecule has 2 atom stereocenters. The number of benzene rings is 2. The molecule has 6 nitrogen and oxygen atoms in total. The zero-order valence-corrected chi connectivity index (χ0v) is 17.4. The van der Waals surface area contributed by atoms with Crippen LogP contribution < -0.4 is 10.5 Å². The number of hydrogen-bond acceptors (Lipinski definition) is 4. The Kier molecular flexibility index (Phi) is 6.29. The third-order valence-electron chi connectivity index (χ3n) is 4.93. The number of halogens is 1. The van der Waals surface area contributed by atoms with E-state index < -0.39 is 23.6 Å². The van der Waals surface area contributed by atoms with Crippen LogP contribution in [0.4, 0.5) is 9.18 Å². The van der Waals surface area contributed by atoms with Gasteiger partial charge in [0.25, 0.3) is 0 Å². The molecular formula is C23H27FN2O4. The van der Waals surface area contributed by atoms with E-state index in [4.69, 9.17) is 15.2 Å². The number of carbonyl (C=O) groups is 2. The third-order valence-corrected chi connectivity index (χ3v) is 4.93. The van der Waals surface area contributed by atoms with Gasteiger partial charge in [0.05, 0.1) is 6.04 Å². The molecule has 0 unspecified atom stereocenters. The third kappa shape index (κ3) is 5.09. The van der Waals surface area contributed by atoms with Crippen LogP contribution in [-0.4, -0.2) is 28.5 Å². The van der Waals surface area contributed by atoms with Crippen molar-refractivity contribution in [1.82, 2.24) is 4.90 Å². The summed E-state index contributed by atoms with van der Waals surface area (Å²) in [7, 11) is 0. The lowest BCUT2D eigenvalue weighted by atomic mass is 10.0. The minimum absolute atomic E-state index is 0.114. The van der Waals surface area contributed by atoms with Gasteiger partial charge in [-0.15, -0.1) is 0 Å². The Hall–Kier alpha value is -3.09. The minimum atomic E-state index is -0.707. The highest BCUT2D eigenvalue weighted by Gasteiger charge is 2.42. The molecule has 1 saturated heterocycles. The molecule has 2 amide bonds. The van der Waals surface area contributed by atoms with Gasteiger partial charge < -0.3 is 15.2 Å². The highest BCUT2D eigenvalue weighted by atomic mass is 19.1. The fourth-order valence-electron chi connectivity index (χ4n) is 3.55. The zero-order valence-electron chi connectivity index (χ0n) is 17.4. The molecule has 0 aliphatic carbocycles.